The molecule has 4 nitrogen and oxygen atoms in total. The SMILES string of the molecule is CCNC(=NCC1CC1(C)C)NC1CCCC1C#N.I. The molecule has 2 rings (SSSR count). The van der Waals surface area contributed by atoms with Crippen molar-refractivity contribution in [1.29, 1.82) is 5.26 Å². The Morgan fingerprint density at radius 1 is 1.40 bits per heavy atom. The van der Waals surface area contributed by atoms with Crippen molar-refractivity contribution in [2.24, 2.45) is 22.2 Å². The number of nitriles is 1. The van der Waals surface area contributed by atoms with Gasteiger partial charge in [0.1, 0.15) is 0 Å². The molecule has 2 aliphatic rings. The number of nitrogens with zero attached hydrogens (tertiary/aromatic N) is 2. The van der Waals surface area contributed by atoms with Gasteiger partial charge in [-0.3, -0.25) is 4.99 Å². The summed E-state index contributed by atoms with van der Waals surface area (Å²) in [5.74, 6) is 1.75. The summed E-state index contributed by atoms with van der Waals surface area (Å²) >= 11 is 0. The maximum absolute atomic E-state index is 9.13. The van der Waals surface area contributed by atoms with Crippen LogP contribution in [-0.4, -0.2) is 25.1 Å². The van der Waals surface area contributed by atoms with Gasteiger partial charge in [0.15, 0.2) is 5.96 Å². The molecular formula is C15H27IN4. The molecule has 2 fully saturated rings. The molecule has 0 aromatic carbocycles. The molecule has 0 heterocycles. The normalized spacial score (nSPS) is 31.1. The minimum atomic E-state index is 0. The van der Waals surface area contributed by atoms with Crippen molar-refractivity contribution in [2.45, 2.75) is 52.5 Å². The molecule has 0 bridgehead atoms. The summed E-state index contributed by atoms with van der Waals surface area (Å²) in [6.45, 7) is 8.44. The van der Waals surface area contributed by atoms with Crippen LogP contribution in [0.3, 0.4) is 0 Å². The first kappa shape index (κ1) is 17.5. The first-order chi connectivity index (χ1) is 9.06. The van der Waals surface area contributed by atoms with Crippen LogP contribution in [0.2, 0.25) is 0 Å². The van der Waals surface area contributed by atoms with Crippen LogP contribution in [0.15, 0.2) is 4.99 Å². The van der Waals surface area contributed by atoms with Gasteiger partial charge < -0.3 is 10.6 Å². The first-order valence-electron chi connectivity index (χ1n) is 7.51. The maximum Gasteiger partial charge on any atom is 0.191 e. The number of hydrogen-bond acceptors (Lipinski definition) is 2. The lowest BCUT2D eigenvalue weighted by Gasteiger charge is -2.19. The van der Waals surface area contributed by atoms with Crippen LogP contribution in [0.5, 0.6) is 0 Å². The lowest BCUT2D eigenvalue weighted by Crippen LogP contribution is -2.44. The van der Waals surface area contributed by atoms with E-state index in [1.54, 1.807) is 0 Å². The molecule has 0 aliphatic heterocycles. The molecule has 0 aromatic rings. The van der Waals surface area contributed by atoms with E-state index in [0.717, 1.165) is 44.2 Å². The van der Waals surface area contributed by atoms with Crippen LogP contribution >= 0.6 is 24.0 Å². The Hall–Kier alpha value is -0.510. The van der Waals surface area contributed by atoms with E-state index in [9.17, 15) is 0 Å². The third kappa shape index (κ3) is 4.51. The van der Waals surface area contributed by atoms with Gasteiger partial charge in [0.2, 0.25) is 0 Å². The molecular weight excluding hydrogens is 363 g/mol. The summed E-state index contributed by atoms with van der Waals surface area (Å²) in [6, 6.07) is 2.68. The minimum absolute atomic E-state index is 0. The molecule has 20 heavy (non-hydrogen) atoms. The largest absolute Gasteiger partial charge is 0.357 e. The zero-order chi connectivity index (χ0) is 13.9. The van der Waals surface area contributed by atoms with E-state index in [2.05, 4.69) is 42.5 Å². The molecule has 0 amide bonds. The number of hydrogen-bond donors (Lipinski definition) is 2. The highest BCUT2D eigenvalue weighted by atomic mass is 127. The lowest BCUT2D eigenvalue weighted by atomic mass is 10.1. The van der Waals surface area contributed by atoms with Crippen LogP contribution in [0.4, 0.5) is 0 Å². The van der Waals surface area contributed by atoms with Crippen molar-refractivity contribution in [3.05, 3.63) is 0 Å². The number of nitrogens with one attached hydrogen (secondary N) is 2. The van der Waals surface area contributed by atoms with E-state index in [1.165, 1.54) is 6.42 Å². The molecule has 2 aliphatic carbocycles. The average molecular weight is 390 g/mol. The molecule has 0 saturated heterocycles. The number of rotatable bonds is 4. The standard InChI is InChI=1S/C15H26N4.HI/c1-4-17-14(18-10-12-8-15(12,2)3)19-13-7-5-6-11(13)9-16;/h11-13H,4-8,10H2,1-3H3,(H2,17,18,19);1H. The van der Waals surface area contributed by atoms with Gasteiger partial charge in [0.05, 0.1) is 12.0 Å². The lowest BCUT2D eigenvalue weighted by molar-refractivity contribution is 0.528. The third-order valence-electron chi connectivity index (χ3n) is 4.54. The van der Waals surface area contributed by atoms with E-state index in [1.807, 2.05) is 0 Å². The number of aliphatic imine (C=N–C) groups is 1. The topological polar surface area (TPSA) is 60.2 Å². The van der Waals surface area contributed by atoms with Crippen LogP contribution in [-0.2, 0) is 0 Å². The van der Waals surface area contributed by atoms with E-state index in [4.69, 9.17) is 5.26 Å². The summed E-state index contributed by atoms with van der Waals surface area (Å²) in [5, 5.41) is 15.9. The van der Waals surface area contributed by atoms with E-state index in [-0.39, 0.29) is 35.9 Å². The van der Waals surface area contributed by atoms with Crippen LogP contribution in [0, 0.1) is 28.6 Å². The van der Waals surface area contributed by atoms with Gasteiger partial charge in [0.25, 0.3) is 0 Å². The molecule has 114 valence electrons. The summed E-state index contributed by atoms with van der Waals surface area (Å²) in [5.41, 5.74) is 0.476. The summed E-state index contributed by atoms with van der Waals surface area (Å²) in [6.07, 6.45) is 4.52. The van der Waals surface area contributed by atoms with E-state index >= 15 is 0 Å². The maximum atomic E-state index is 9.13. The average Bonchev–Trinajstić information content (AvgIpc) is 2.78. The van der Waals surface area contributed by atoms with Gasteiger partial charge in [-0.15, -0.1) is 24.0 Å². The van der Waals surface area contributed by atoms with Crippen molar-refractivity contribution in [3.63, 3.8) is 0 Å². The van der Waals surface area contributed by atoms with Gasteiger partial charge >= 0.3 is 0 Å². The molecule has 2 N–H and O–H groups in total. The van der Waals surface area contributed by atoms with Gasteiger partial charge in [-0.2, -0.15) is 5.26 Å². The van der Waals surface area contributed by atoms with Gasteiger partial charge in [-0.05, 0) is 43.9 Å². The van der Waals surface area contributed by atoms with E-state index < -0.39 is 0 Å². The highest BCUT2D eigenvalue weighted by Gasteiger charge is 2.45. The van der Waals surface area contributed by atoms with Gasteiger partial charge in [-0.1, -0.05) is 13.8 Å². The first-order valence-corrected chi connectivity index (χ1v) is 7.51. The van der Waals surface area contributed by atoms with E-state index in [0.29, 0.717) is 5.41 Å². The molecule has 5 heteroatoms. The second kappa shape index (κ2) is 7.48. The Morgan fingerprint density at radius 3 is 2.65 bits per heavy atom. The molecule has 0 spiro atoms. The Labute approximate surface area is 139 Å². The van der Waals surface area contributed by atoms with Crippen molar-refractivity contribution >= 4 is 29.9 Å². The van der Waals surface area contributed by atoms with Gasteiger partial charge in [0, 0.05) is 19.1 Å². The monoisotopic (exact) mass is 390 g/mol. The van der Waals surface area contributed by atoms with Crippen LogP contribution in [0.25, 0.3) is 0 Å². The van der Waals surface area contributed by atoms with Crippen LogP contribution in [0.1, 0.15) is 46.5 Å². The summed E-state index contributed by atoms with van der Waals surface area (Å²) in [7, 11) is 0. The van der Waals surface area contributed by atoms with Crippen LogP contribution < -0.4 is 10.6 Å². The molecule has 3 atom stereocenters. The highest BCUT2D eigenvalue weighted by molar-refractivity contribution is 14.0. The Bertz CT molecular complexity index is 386. The highest BCUT2D eigenvalue weighted by Crippen LogP contribution is 2.51. The zero-order valence-electron chi connectivity index (χ0n) is 12.8. The summed E-state index contributed by atoms with van der Waals surface area (Å²) < 4.78 is 0. The number of halogens is 1. The quantitative estimate of drug-likeness (QED) is 0.441. The fraction of sp³-hybridized carbons (Fsp3) is 0.867. The molecule has 3 unspecified atom stereocenters. The fourth-order valence-corrected chi connectivity index (χ4v) is 2.87. The van der Waals surface area contributed by atoms with Crippen molar-refractivity contribution < 1.29 is 0 Å². The second-order valence-electron chi connectivity index (χ2n) is 6.53. The molecule has 0 aromatic heterocycles. The Morgan fingerprint density at radius 2 is 2.10 bits per heavy atom. The molecule has 2 saturated carbocycles. The third-order valence-corrected chi connectivity index (χ3v) is 4.54. The fourth-order valence-electron chi connectivity index (χ4n) is 2.87. The number of guanidine groups is 1. The van der Waals surface area contributed by atoms with Gasteiger partial charge in [-0.25, -0.2) is 0 Å². The predicted molar refractivity (Wildman–Crippen MR) is 93.2 cm³/mol. The Kier molecular flexibility index (Phi) is 6.56. The Balaban J connectivity index is 0.00000200. The molecule has 0 radical (unpaired) electrons. The zero-order valence-corrected chi connectivity index (χ0v) is 15.1. The van der Waals surface area contributed by atoms with Crippen molar-refractivity contribution in [1.82, 2.24) is 10.6 Å². The van der Waals surface area contributed by atoms with Crippen molar-refractivity contribution in [2.75, 3.05) is 13.1 Å². The van der Waals surface area contributed by atoms with Crippen molar-refractivity contribution in [3.8, 4) is 6.07 Å². The smallest absolute Gasteiger partial charge is 0.191 e. The summed E-state index contributed by atoms with van der Waals surface area (Å²) in [4.78, 5) is 4.69. The second-order valence-corrected chi connectivity index (χ2v) is 6.53. The minimum Gasteiger partial charge on any atom is -0.357 e. The predicted octanol–water partition coefficient (Wildman–Crippen LogP) is 2.90.